The van der Waals surface area contributed by atoms with E-state index in [0.717, 1.165) is 28.2 Å². The molecule has 0 aliphatic heterocycles. The van der Waals surface area contributed by atoms with E-state index in [1.165, 1.54) is 49.7 Å². The molecule has 3 nitrogen and oxygen atoms in total. The van der Waals surface area contributed by atoms with Gasteiger partial charge in [-0.2, -0.15) is 0 Å². The number of aryl methyl sites for hydroxylation is 1. The smallest absolute Gasteiger partial charge is 0.140 e. The third kappa shape index (κ3) is 5.32. The highest BCUT2D eigenvalue weighted by Crippen LogP contribution is 2.57. The molecule has 8 aromatic rings. The van der Waals surface area contributed by atoms with Crippen LogP contribution in [0.4, 0.5) is 0 Å². The van der Waals surface area contributed by atoms with E-state index in [4.69, 9.17) is 9.47 Å². The van der Waals surface area contributed by atoms with Crippen molar-refractivity contribution >= 4 is 10.8 Å². The summed E-state index contributed by atoms with van der Waals surface area (Å²) >= 11 is 0. The molecule has 0 saturated heterocycles. The fraction of sp³-hybridized carbons (Fsp3) is 0.0800. The Labute approximate surface area is 310 Å². The lowest BCUT2D eigenvalue weighted by Crippen LogP contribution is -2.28. The van der Waals surface area contributed by atoms with E-state index in [9.17, 15) is 5.11 Å². The van der Waals surface area contributed by atoms with Crippen LogP contribution in [0.3, 0.4) is 0 Å². The molecule has 0 aromatic heterocycles. The molecule has 1 aliphatic carbocycles. The zero-order valence-electron chi connectivity index (χ0n) is 29.7. The maximum atomic E-state index is 12.4. The van der Waals surface area contributed by atoms with E-state index in [-0.39, 0.29) is 0 Å². The summed E-state index contributed by atoms with van der Waals surface area (Å²) in [5.74, 6) is 2.15. The van der Waals surface area contributed by atoms with Crippen LogP contribution >= 0.6 is 0 Å². The number of benzene rings is 8. The molecule has 9 rings (SSSR count). The molecule has 8 aromatic carbocycles. The Balaban J connectivity index is 1.10. The Morgan fingerprint density at radius 3 is 1.57 bits per heavy atom. The van der Waals surface area contributed by atoms with Crippen molar-refractivity contribution < 1.29 is 14.6 Å². The molecular formula is C50H38O3. The first-order valence-electron chi connectivity index (χ1n) is 18.0. The average Bonchev–Trinajstić information content (AvgIpc) is 3.50. The Bertz CT molecular complexity index is 2560. The van der Waals surface area contributed by atoms with Crippen LogP contribution in [0.25, 0.3) is 21.9 Å². The third-order valence-electron chi connectivity index (χ3n) is 10.9. The van der Waals surface area contributed by atoms with Crippen molar-refractivity contribution in [1.82, 2.24) is 0 Å². The lowest BCUT2D eigenvalue weighted by atomic mass is 9.67. The van der Waals surface area contributed by atoms with Crippen molar-refractivity contribution in [3.63, 3.8) is 0 Å². The molecule has 0 bridgehead atoms. The van der Waals surface area contributed by atoms with Gasteiger partial charge >= 0.3 is 0 Å². The van der Waals surface area contributed by atoms with Crippen LogP contribution in [0.15, 0.2) is 188 Å². The minimum absolute atomic E-state index is 0.507. The molecule has 1 N–H and O–H groups in total. The van der Waals surface area contributed by atoms with Gasteiger partial charge in [-0.1, -0.05) is 145 Å². The maximum Gasteiger partial charge on any atom is 0.140 e. The van der Waals surface area contributed by atoms with Gasteiger partial charge in [0.05, 0.1) is 12.5 Å². The van der Waals surface area contributed by atoms with Gasteiger partial charge in [0.2, 0.25) is 0 Å². The fourth-order valence-electron chi connectivity index (χ4n) is 8.24. The number of aliphatic hydroxyl groups is 1. The van der Waals surface area contributed by atoms with Crippen molar-refractivity contribution in [1.29, 1.82) is 0 Å². The first kappa shape index (κ1) is 32.5. The molecule has 0 fully saturated rings. The van der Waals surface area contributed by atoms with Gasteiger partial charge in [-0.25, -0.2) is 0 Å². The van der Waals surface area contributed by atoms with Gasteiger partial charge in [-0.05, 0) is 116 Å². The van der Waals surface area contributed by atoms with Crippen LogP contribution in [0.1, 0.15) is 44.5 Å². The summed E-state index contributed by atoms with van der Waals surface area (Å²) in [5.41, 5.74) is 9.13. The van der Waals surface area contributed by atoms with Gasteiger partial charge in [0.25, 0.3) is 0 Å². The van der Waals surface area contributed by atoms with Gasteiger partial charge in [0.15, 0.2) is 0 Å². The number of fused-ring (bicyclic) bond motifs is 4. The van der Waals surface area contributed by atoms with Gasteiger partial charge in [-0.15, -0.1) is 0 Å². The van der Waals surface area contributed by atoms with E-state index >= 15 is 0 Å². The Hall–Kier alpha value is -6.42. The molecule has 53 heavy (non-hydrogen) atoms. The van der Waals surface area contributed by atoms with Crippen molar-refractivity contribution in [3.05, 3.63) is 233 Å². The predicted octanol–water partition coefficient (Wildman–Crippen LogP) is 11.6. The highest BCUT2D eigenvalue weighted by molar-refractivity contribution is 5.95. The second kappa shape index (κ2) is 13.0. The van der Waals surface area contributed by atoms with E-state index in [1.807, 2.05) is 78.9 Å². The van der Waals surface area contributed by atoms with E-state index < -0.39 is 11.0 Å². The summed E-state index contributed by atoms with van der Waals surface area (Å²) < 4.78 is 11.8. The monoisotopic (exact) mass is 686 g/mol. The molecule has 0 heterocycles. The summed E-state index contributed by atoms with van der Waals surface area (Å²) in [6.07, 6.45) is 0. The lowest BCUT2D eigenvalue weighted by Gasteiger charge is -2.34. The maximum absolute atomic E-state index is 12.4. The first-order chi connectivity index (χ1) is 26.0. The zero-order valence-corrected chi connectivity index (χ0v) is 29.7. The Morgan fingerprint density at radius 1 is 0.453 bits per heavy atom. The molecule has 0 amide bonds. The number of hydrogen-bond acceptors (Lipinski definition) is 3. The highest BCUT2D eigenvalue weighted by Gasteiger charge is 2.46. The average molecular weight is 687 g/mol. The van der Waals surface area contributed by atoms with E-state index in [0.29, 0.717) is 5.75 Å². The standard InChI is InChI=1S/C50H38O3/c1-34-16-18-37(19-17-34)49(47-15-9-8-14-45(47)46-32-35-10-6-7-11-36(35)33-48(46)49)38-20-28-43(29-21-38)53-44-30-24-41(25-31-44)50(51,39-12-4-3-5-13-39)40-22-26-42(52-2)27-23-40/h3-33,51H,1-2H3. The minimum Gasteiger partial charge on any atom is -0.497 e. The Morgan fingerprint density at radius 2 is 0.943 bits per heavy atom. The second-order valence-corrected chi connectivity index (χ2v) is 13.9. The topological polar surface area (TPSA) is 38.7 Å². The summed E-state index contributed by atoms with van der Waals surface area (Å²) in [7, 11) is 1.64. The fourth-order valence-corrected chi connectivity index (χ4v) is 8.24. The Kier molecular flexibility index (Phi) is 7.95. The largest absolute Gasteiger partial charge is 0.497 e. The van der Waals surface area contributed by atoms with Crippen LogP contribution in [-0.4, -0.2) is 12.2 Å². The van der Waals surface area contributed by atoms with Crippen molar-refractivity contribution in [2.24, 2.45) is 0 Å². The summed E-state index contributed by atoms with van der Waals surface area (Å²) in [5, 5.41) is 14.8. The molecule has 2 unspecified atom stereocenters. The first-order valence-corrected chi connectivity index (χ1v) is 18.0. The number of hydrogen-bond donors (Lipinski definition) is 1. The van der Waals surface area contributed by atoms with Crippen LogP contribution in [0, 0.1) is 6.92 Å². The van der Waals surface area contributed by atoms with Crippen LogP contribution in [0.5, 0.6) is 17.2 Å². The van der Waals surface area contributed by atoms with Crippen molar-refractivity contribution in [3.8, 4) is 28.4 Å². The molecule has 3 heteroatoms. The minimum atomic E-state index is -1.36. The SMILES string of the molecule is COc1ccc(C(O)(c2ccccc2)c2ccc(Oc3ccc(C4(c5ccc(C)cc5)c5ccccc5-c5cc6ccccc6cc54)cc3)cc2)cc1. The second-order valence-electron chi connectivity index (χ2n) is 13.9. The molecule has 0 saturated carbocycles. The predicted molar refractivity (Wildman–Crippen MR) is 214 cm³/mol. The van der Waals surface area contributed by atoms with Crippen LogP contribution < -0.4 is 9.47 Å². The van der Waals surface area contributed by atoms with Gasteiger partial charge in [-0.3, -0.25) is 0 Å². The lowest BCUT2D eigenvalue weighted by molar-refractivity contribution is 0.125. The van der Waals surface area contributed by atoms with E-state index in [1.54, 1.807) is 7.11 Å². The molecule has 0 spiro atoms. The number of rotatable bonds is 8. The molecule has 1 aliphatic rings. The van der Waals surface area contributed by atoms with Gasteiger partial charge < -0.3 is 14.6 Å². The van der Waals surface area contributed by atoms with E-state index in [2.05, 4.69) is 116 Å². The zero-order chi connectivity index (χ0) is 36.0. The molecule has 2 atom stereocenters. The summed E-state index contributed by atoms with van der Waals surface area (Å²) in [6, 6.07) is 64.8. The summed E-state index contributed by atoms with van der Waals surface area (Å²) in [6.45, 7) is 2.14. The molecule has 256 valence electrons. The number of methoxy groups -OCH3 is 1. The van der Waals surface area contributed by atoms with Crippen LogP contribution in [-0.2, 0) is 11.0 Å². The normalized spacial score (nSPS) is 15.7. The van der Waals surface area contributed by atoms with Gasteiger partial charge in [0, 0.05) is 0 Å². The number of ether oxygens (including phenoxy) is 2. The van der Waals surface area contributed by atoms with Gasteiger partial charge in [0.1, 0.15) is 22.8 Å². The molecule has 0 radical (unpaired) electrons. The van der Waals surface area contributed by atoms with Crippen molar-refractivity contribution in [2.45, 2.75) is 17.9 Å². The van der Waals surface area contributed by atoms with Crippen LogP contribution in [0.2, 0.25) is 0 Å². The molecular weight excluding hydrogens is 649 g/mol. The van der Waals surface area contributed by atoms with Crippen molar-refractivity contribution in [2.75, 3.05) is 7.11 Å². The quantitative estimate of drug-likeness (QED) is 0.162. The third-order valence-corrected chi connectivity index (χ3v) is 10.9. The highest BCUT2D eigenvalue weighted by atomic mass is 16.5. The summed E-state index contributed by atoms with van der Waals surface area (Å²) in [4.78, 5) is 0.